The van der Waals surface area contributed by atoms with E-state index in [4.69, 9.17) is 5.26 Å². The molecule has 1 aliphatic rings. The third-order valence-corrected chi connectivity index (χ3v) is 3.54. The van der Waals surface area contributed by atoms with Crippen LogP contribution in [0.2, 0.25) is 0 Å². The highest BCUT2D eigenvalue weighted by Crippen LogP contribution is 2.17. The van der Waals surface area contributed by atoms with Crippen molar-refractivity contribution in [1.82, 2.24) is 10.6 Å². The summed E-state index contributed by atoms with van der Waals surface area (Å²) in [6, 6.07) is 6.83. The highest BCUT2D eigenvalue weighted by molar-refractivity contribution is 14.0. The number of nitriles is 1. The number of nitrogens with one attached hydrogen (secondary N) is 2. The number of hydrogen-bond donors (Lipinski definition) is 2. The Morgan fingerprint density at radius 3 is 2.76 bits per heavy atom. The van der Waals surface area contributed by atoms with Crippen LogP contribution in [0.1, 0.15) is 36.8 Å². The predicted octanol–water partition coefficient (Wildman–Crippen LogP) is 2.92. The van der Waals surface area contributed by atoms with Gasteiger partial charge in [-0.1, -0.05) is 12.8 Å². The van der Waals surface area contributed by atoms with Crippen molar-refractivity contribution < 1.29 is 4.39 Å². The van der Waals surface area contributed by atoms with Crippen molar-refractivity contribution in [2.24, 2.45) is 4.99 Å². The molecule has 1 aromatic rings. The number of aliphatic imine (C=N–C) groups is 1. The molecule has 0 atom stereocenters. The van der Waals surface area contributed by atoms with Crippen molar-refractivity contribution in [3.05, 3.63) is 35.1 Å². The molecule has 2 N–H and O–H groups in total. The van der Waals surface area contributed by atoms with E-state index >= 15 is 0 Å². The van der Waals surface area contributed by atoms with Crippen molar-refractivity contribution in [2.45, 2.75) is 38.3 Å². The Morgan fingerprint density at radius 1 is 1.43 bits per heavy atom. The summed E-state index contributed by atoms with van der Waals surface area (Å²) in [7, 11) is 1.70. The zero-order valence-corrected chi connectivity index (χ0v) is 14.4. The van der Waals surface area contributed by atoms with E-state index in [9.17, 15) is 4.39 Å². The molecule has 0 saturated heterocycles. The number of benzene rings is 1. The highest BCUT2D eigenvalue weighted by atomic mass is 127. The number of halogens is 2. The largest absolute Gasteiger partial charge is 0.354 e. The zero-order chi connectivity index (χ0) is 14.4. The van der Waals surface area contributed by atoms with Gasteiger partial charge >= 0.3 is 0 Å². The zero-order valence-electron chi connectivity index (χ0n) is 12.0. The molecule has 0 aliphatic heterocycles. The fourth-order valence-corrected chi connectivity index (χ4v) is 2.42. The molecule has 4 nitrogen and oxygen atoms in total. The molecule has 6 heteroatoms. The summed E-state index contributed by atoms with van der Waals surface area (Å²) in [6.07, 6.45) is 4.79. The lowest BCUT2D eigenvalue weighted by atomic mass is 10.1. The van der Waals surface area contributed by atoms with Gasteiger partial charge in [0.15, 0.2) is 5.96 Å². The second kappa shape index (κ2) is 8.82. The minimum absolute atomic E-state index is 0. The summed E-state index contributed by atoms with van der Waals surface area (Å²) in [5.74, 6) is 0.367. The van der Waals surface area contributed by atoms with Gasteiger partial charge in [-0.25, -0.2) is 4.39 Å². The van der Waals surface area contributed by atoms with Gasteiger partial charge in [-0.3, -0.25) is 4.99 Å². The van der Waals surface area contributed by atoms with Gasteiger partial charge in [0, 0.05) is 25.2 Å². The van der Waals surface area contributed by atoms with Gasteiger partial charge in [0.2, 0.25) is 0 Å². The Morgan fingerprint density at radius 2 is 2.14 bits per heavy atom. The number of rotatable bonds is 3. The van der Waals surface area contributed by atoms with Gasteiger partial charge in [0.1, 0.15) is 5.82 Å². The molecule has 0 aromatic heterocycles. The minimum Gasteiger partial charge on any atom is -0.354 e. The Labute approximate surface area is 141 Å². The van der Waals surface area contributed by atoms with Crippen LogP contribution in [0.25, 0.3) is 0 Å². The van der Waals surface area contributed by atoms with Crippen LogP contribution in [-0.4, -0.2) is 19.0 Å². The molecule has 114 valence electrons. The summed E-state index contributed by atoms with van der Waals surface area (Å²) in [4.78, 5) is 4.15. The Bertz CT molecular complexity index is 533. The SMILES string of the molecule is CN=C(NCc1cc(C#N)ccc1F)NC1CCCC1.I. The van der Waals surface area contributed by atoms with Crippen molar-refractivity contribution in [1.29, 1.82) is 5.26 Å². The standard InChI is InChI=1S/C15H19FN4.HI/c1-18-15(20-13-4-2-3-5-13)19-10-12-8-11(9-17)6-7-14(12)16;/h6-8,13H,2-5,10H2,1H3,(H2,18,19,20);1H. The lowest BCUT2D eigenvalue weighted by Crippen LogP contribution is -2.42. The van der Waals surface area contributed by atoms with Crippen LogP contribution in [0.4, 0.5) is 4.39 Å². The second-order valence-corrected chi connectivity index (χ2v) is 4.97. The molecule has 1 saturated carbocycles. The predicted molar refractivity (Wildman–Crippen MR) is 92.1 cm³/mol. The van der Waals surface area contributed by atoms with E-state index in [2.05, 4.69) is 15.6 Å². The van der Waals surface area contributed by atoms with Gasteiger partial charge in [0.25, 0.3) is 0 Å². The van der Waals surface area contributed by atoms with Gasteiger partial charge in [0.05, 0.1) is 11.6 Å². The van der Waals surface area contributed by atoms with E-state index in [1.54, 1.807) is 13.1 Å². The second-order valence-electron chi connectivity index (χ2n) is 4.97. The molecule has 0 heterocycles. The lowest BCUT2D eigenvalue weighted by molar-refractivity contribution is 0.594. The smallest absolute Gasteiger partial charge is 0.191 e. The third-order valence-electron chi connectivity index (χ3n) is 3.54. The maximum atomic E-state index is 13.7. The van der Waals surface area contributed by atoms with Gasteiger partial charge < -0.3 is 10.6 Å². The maximum Gasteiger partial charge on any atom is 0.191 e. The molecular formula is C15H20FIN4. The van der Waals surface area contributed by atoms with E-state index in [1.807, 2.05) is 6.07 Å². The molecule has 0 unspecified atom stereocenters. The van der Waals surface area contributed by atoms with Gasteiger partial charge in [-0.05, 0) is 31.0 Å². The first-order valence-electron chi connectivity index (χ1n) is 6.88. The first-order chi connectivity index (χ1) is 9.72. The van der Waals surface area contributed by atoms with Crippen molar-refractivity contribution in [3.8, 4) is 6.07 Å². The van der Waals surface area contributed by atoms with Crippen molar-refractivity contribution >= 4 is 29.9 Å². The first-order valence-corrected chi connectivity index (χ1v) is 6.88. The van der Waals surface area contributed by atoms with Crippen LogP contribution in [0.3, 0.4) is 0 Å². The lowest BCUT2D eigenvalue weighted by Gasteiger charge is -2.17. The van der Waals surface area contributed by atoms with Crippen LogP contribution in [0, 0.1) is 17.1 Å². The summed E-state index contributed by atoms with van der Waals surface area (Å²) in [5.41, 5.74) is 0.931. The molecule has 0 bridgehead atoms. The summed E-state index contributed by atoms with van der Waals surface area (Å²) in [6.45, 7) is 0.313. The monoisotopic (exact) mass is 402 g/mol. The Kier molecular flexibility index (Phi) is 7.43. The summed E-state index contributed by atoms with van der Waals surface area (Å²) in [5, 5.41) is 15.3. The number of guanidine groups is 1. The van der Waals surface area contributed by atoms with Crippen LogP contribution in [-0.2, 0) is 6.54 Å². The van der Waals surface area contributed by atoms with E-state index in [0.717, 1.165) is 12.8 Å². The molecule has 2 rings (SSSR count). The maximum absolute atomic E-state index is 13.7. The minimum atomic E-state index is -0.312. The van der Waals surface area contributed by atoms with Gasteiger partial charge in [-0.15, -0.1) is 24.0 Å². The van der Waals surface area contributed by atoms with Crippen molar-refractivity contribution in [3.63, 3.8) is 0 Å². The van der Waals surface area contributed by atoms with Crippen LogP contribution < -0.4 is 10.6 Å². The third kappa shape index (κ3) is 5.16. The first kappa shape index (κ1) is 17.7. The van der Waals surface area contributed by atoms with Crippen molar-refractivity contribution in [2.75, 3.05) is 7.05 Å². The summed E-state index contributed by atoms with van der Waals surface area (Å²) < 4.78 is 13.7. The van der Waals surface area contributed by atoms with E-state index in [0.29, 0.717) is 29.7 Å². The van der Waals surface area contributed by atoms with Crippen LogP contribution in [0.5, 0.6) is 0 Å². The number of hydrogen-bond acceptors (Lipinski definition) is 2. The highest BCUT2D eigenvalue weighted by Gasteiger charge is 2.16. The van der Waals surface area contributed by atoms with E-state index < -0.39 is 0 Å². The quantitative estimate of drug-likeness (QED) is 0.465. The molecule has 0 amide bonds. The molecular weight excluding hydrogens is 382 g/mol. The normalized spacial score (nSPS) is 15.2. The van der Waals surface area contributed by atoms with E-state index in [1.165, 1.54) is 25.0 Å². The molecule has 0 radical (unpaired) electrons. The average molecular weight is 402 g/mol. The number of nitrogens with zero attached hydrogens (tertiary/aromatic N) is 2. The molecule has 1 fully saturated rings. The summed E-state index contributed by atoms with van der Waals surface area (Å²) >= 11 is 0. The fraction of sp³-hybridized carbons (Fsp3) is 0.467. The van der Waals surface area contributed by atoms with Crippen LogP contribution in [0.15, 0.2) is 23.2 Å². The molecule has 21 heavy (non-hydrogen) atoms. The Balaban J connectivity index is 0.00000220. The topological polar surface area (TPSA) is 60.2 Å². The molecule has 1 aromatic carbocycles. The van der Waals surface area contributed by atoms with Crippen LogP contribution >= 0.6 is 24.0 Å². The molecule has 0 spiro atoms. The van der Waals surface area contributed by atoms with E-state index in [-0.39, 0.29) is 29.8 Å². The molecule has 1 aliphatic carbocycles. The Hall–Kier alpha value is -1.36. The fourth-order valence-electron chi connectivity index (χ4n) is 2.42. The van der Waals surface area contributed by atoms with Gasteiger partial charge in [-0.2, -0.15) is 5.26 Å². The average Bonchev–Trinajstić information content (AvgIpc) is 2.97.